The topological polar surface area (TPSA) is 80.0 Å². The number of anilines is 3. The summed E-state index contributed by atoms with van der Waals surface area (Å²) < 4.78 is 0. The second kappa shape index (κ2) is 9.92. The molecule has 2 aromatic carbocycles. The highest BCUT2D eigenvalue weighted by atomic mass is 16.1. The standard InChI is InChI=1S/C23H24N4O/c24-20-10-4-5-11-21(20)27-23(28)15-13-19-12-14-22(26-17-19)25-16-6-9-18-7-2-1-3-8-18/h1-5,7-8,10-15,17H,6,9,16,24H2,(H,25,26)(H,27,28). The third-order valence-electron chi connectivity index (χ3n) is 4.22. The number of para-hydroxylation sites is 2. The van der Waals surface area contributed by atoms with Gasteiger partial charge in [0.25, 0.3) is 0 Å². The van der Waals surface area contributed by atoms with Crippen molar-refractivity contribution in [3.8, 4) is 0 Å². The van der Waals surface area contributed by atoms with Gasteiger partial charge in [-0.05, 0) is 54.3 Å². The highest BCUT2D eigenvalue weighted by molar-refractivity contribution is 6.03. The van der Waals surface area contributed by atoms with Crippen LogP contribution in [0.4, 0.5) is 17.2 Å². The van der Waals surface area contributed by atoms with E-state index in [0.29, 0.717) is 11.4 Å². The van der Waals surface area contributed by atoms with Crippen LogP contribution >= 0.6 is 0 Å². The quantitative estimate of drug-likeness (QED) is 0.312. The molecule has 0 aliphatic heterocycles. The Morgan fingerprint density at radius 2 is 1.79 bits per heavy atom. The Balaban J connectivity index is 1.44. The van der Waals surface area contributed by atoms with E-state index in [1.165, 1.54) is 11.6 Å². The number of aromatic nitrogens is 1. The van der Waals surface area contributed by atoms with Crippen LogP contribution in [0.5, 0.6) is 0 Å². The summed E-state index contributed by atoms with van der Waals surface area (Å²) in [7, 11) is 0. The molecule has 1 aromatic heterocycles. The van der Waals surface area contributed by atoms with Gasteiger partial charge in [0, 0.05) is 18.8 Å². The van der Waals surface area contributed by atoms with Crippen molar-refractivity contribution in [1.29, 1.82) is 0 Å². The van der Waals surface area contributed by atoms with Gasteiger partial charge in [-0.25, -0.2) is 4.98 Å². The lowest BCUT2D eigenvalue weighted by Gasteiger charge is -2.06. The number of nitrogen functional groups attached to an aromatic ring is 1. The number of nitrogens with two attached hydrogens (primary N) is 1. The zero-order valence-corrected chi connectivity index (χ0v) is 15.6. The summed E-state index contributed by atoms with van der Waals surface area (Å²) >= 11 is 0. The Labute approximate surface area is 165 Å². The molecular weight excluding hydrogens is 348 g/mol. The number of pyridine rings is 1. The van der Waals surface area contributed by atoms with Crippen LogP contribution in [0, 0.1) is 0 Å². The fraction of sp³-hybridized carbons (Fsp3) is 0.130. The third kappa shape index (κ3) is 5.99. The minimum absolute atomic E-state index is 0.235. The Morgan fingerprint density at radius 1 is 1.00 bits per heavy atom. The molecule has 0 spiro atoms. The van der Waals surface area contributed by atoms with E-state index < -0.39 is 0 Å². The summed E-state index contributed by atoms with van der Waals surface area (Å²) in [6.45, 7) is 0.859. The first kappa shape index (κ1) is 19.2. The highest BCUT2D eigenvalue weighted by Gasteiger charge is 2.01. The molecule has 0 fully saturated rings. The maximum absolute atomic E-state index is 12.0. The lowest BCUT2D eigenvalue weighted by Crippen LogP contribution is -2.09. The number of carbonyl (C=O) groups is 1. The van der Waals surface area contributed by atoms with Crippen molar-refractivity contribution in [3.63, 3.8) is 0 Å². The first-order valence-corrected chi connectivity index (χ1v) is 9.28. The van der Waals surface area contributed by atoms with E-state index in [0.717, 1.165) is 30.8 Å². The second-order valence-electron chi connectivity index (χ2n) is 6.40. The average Bonchev–Trinajstić information content (AvgIpc) is 2.73. The maximum Gasteiger partial charge on any atom is 0.248 e. The van der Waals surface area contributed by atoms with Crippen LogP contribution < -0.4 is 16.4 Å². The minimum Gasteiger partial charge on any atom is -0.397 e. The van der Waals surface area contributed by atoms with Crippen LogP contribution in [0.25, 0.3) is 6.08 Å². The van der Waals surface area contributed by atoms with E-state index in [1.54, 1.807) is 24.4 Å². The van der Waals surface area contributed by atoms with Gasteiger partial charge in [0.2, 0.25) is 5.91 Å². The van der Waals surface area contributed by atoms with Crippen LogP contribution in [-0.2, 0) is 11.2 Å². The van der Waals surface area contributed by atoms with Gasteiger partial charge in [-0.2, -0.15) is 0 Å². The number of aryl methyl sites for hydroxylation is 1. The SMILES string of the molecule is Nc1ccccc1NC(=O)C=Cc1ccc(NCCCc2ccccc2)nc1. The van der Waals surface area contributed by atoms with Gasteiger partial charge in [0.1, 0.15) is 5.82 Å². The zero-order chi connectivity index (χ0) is 19.6. The van der Waals surface area contributed by atoms with Crippen molar-refractivity contribution >= 4 is 29.2 Å². The van der Waals surface area contributed by atoms with E-state index in [4.69, 9.17) is 5.73 Å². The molecule has 142 valence electrons. The van der Waals surface area contributed by atoms with Crippen molar-refractivity contribution in [3.05, 3.63) is 90.1 Å². The van der Waals surface area contributed by atoms with Crippen molar-refractivity contribution in [2.45, 2.75) is 12.8 Å². The van der Waals surface area contributed by atoms with Crippen LogP contribution in [-0.4, -0.2) is 17.4 Å². The minimum atomic E-state index is -0.235. The van der Waals surface area contributed by atoms with Gasteiger partial charge in [0.05, 0.1) is 11.4 Å². The van der Waals surface area contributed by atoms with E-state index in [-0.39, 0.29) is 5.91 Å². The molecule has 5 heteroatoms. The average molecular weight is 372 g/mol. The Morgan fingerprint density at radius 3 is 2.54 bits per heavy atom. The summed E-state index contributed by atoms with van der Waals surface area (Å²) in [5.74, 6) is 0.590. The van der Waals surface area contributed by atoms with Crippen LogP contribution in [0.2, 0.25) is 0 Å². The predicted molar refractivity (Wildman–Crippen MR) is 116 cm³/mol. The molecule has 0 saturated heterocycles. The Hall–Kier alpha value is -3.60. The third-order valence-corrected chi connectivity index (χ3v) is 4.22. The fourth-order valence-corrected chi connectivity index (χ4v) is 2.72. The summed E-state index contributed by atoms with van der Waals surface area (Å²) in [6, 6.07) is 21.4. The molecule has 4 N–H and O–H groups in total. The van der Waals surface area contributed by atoms with E-state index in [2.05, 4.69) is 39.9 Å². The van der Waals surface area contributed by atoms with Gasteiger partial charge >= 0.3 is 0 Å². The van der Waals surface area contributed by atoms with Gasteiger partial charge < -0.3 is 16.4 Å². The van der Waals surface area contributed by atoms with Crippen molar-refractivity contribution in [1.82, 2.24) is 4.98 Å². The normalized spacial score (nSPS) is 10.7. The van der Waals surface area contributed by atoms with Gasteiger partial charge in [-0.3, -0.25) is 4.79 Å². The van der Waals surface area contributed by atoms with Crippen LogP contribution in [0.3, 0.4) is 0 Å². The maximum atomic E-state index is 12.0. The molecule has 0 unspecified atom stereocenters. The molecule has 1 heterocycles. The molecule has 0 radical (unpaired) electrons. The first-order chi connectivity index (χ1) is 13.7. The molecule has 5 nitrogen and oxygen atoms in total. The highest BCUT2D eigenvalue weighted by Crippen LogP contribution is 2.16. The largest absolute Gasteiger partial charge is 0.397 e. The molecule has 0 atom stereocenters. The number of amides is 1. The molecule has 0 bridgehead atoms. The fourth-order valence-electron chi connectivity index (χ4n) is 2.72. The monoisotopic (exact) mass is 372 g/mol. The zero-order valence-electron chi connectivity index (χ0n) is 15.6. The van der Waals surface area contributed by atoms with Gasteiger partial charge in [-0.15, -0.1) is 0 Å². The van der Waals surface area contributed by atoms with Gasteiger partial charge in [0.15, 0.2) is 0 Å². The summed E-state index contributed by atoms with van der Waals surface area (Å²) in [5.41, 5.74) is 9.15. The van der Waals surface area contributed by atoms with Crippen molar-refractivity contribution in [2.24, 2.45) is 0 Å². The number of rotatable bonds is 8. The first-order valence-electron chi connectivity index (χ1n) is 9.28. The molecule has 28 heavy (non-hydrogen) atoms. The molecule has 0 aliphatic carbocycles. The molecule has 1 amide bonds. The summed E-state index contributed by atoms with van der Waals surface area (Å²) in [4.78, 5) is 16.4. The van der Waals surface area contributed by atoms with E-state index in [1.807, 2.05) is 30.3 Å². The summed E-state index contributed by atoms with van der Waals surface area (Å²) in [5, 5.41) is 6.07. The van der Waals surface area contributed by atoms with Crippen LogP contribution in [0.15, 0.2) is 79.0 Å². The summed E-state index contributed by atoms with van der Waals surface area (Å²) in [6.07, 6.45) is 7.00. The molecule has 0 saturated carbocycles. The molecule has 3 aromatic rings. The number of hydrogen-bond donors (Lipinski definition) is 3. The number of nitrogens with zero attached hydrogens (tertiary/aromatic N) is 1. The van der Waals surface area contributed by atoms with E-state index >= 15 is 0 Å². The number of carbonyl (C=O) groups excluding carboxylic acids is 1. The molecule has 3 rings (SSSR count). The number of nitrogens with one attached hydrogen (secondary N) is 2. The van der Waals surface area contributed by atoms with Crippen LogP contribution in [0.1, 0.15) is 17.5 Å². The lowest BCUT2D eigenvalue weighted by atomic mass is 10.1. The lowest BCUT2D eigenvalue weighted by molar-refractivity contribution is -0.111. The Bertz CT molecular complexity index is 921. The molecular formula is C23H24N4O. The second-order valence-corrected chi connectivity index (χ2v) is 6.40. The smallest absolute Gasteiger partial charge is 0.248 e. The van der Waals surface area contributed by atoms with Crippen molar-refractivity contribution < 1.29 is 4.79 Å². The Kier molecular flexibility index (Phi) is 6.79. The van der Waals surface area contributed by atoms with E-state index in [9.17, 15) is 4.79 Å². The molecule has 0 aliphatic rings. The van der Waals surface area contributed by atoms with Crippen molar-refractivity contribution in [2.75, 3.05) is 22.9 Å². The number of benzene rings is 2. The number of hydrogen-bond acceptors (Lipinski definition) is 4. The predicted octanol–water partition coefficient (Wildman–Crippen LogP) is 4.36. The van der Waals surface area contributed by atoms with Gasteiger partial charge in [-0.1, -0.05) is 42.5 Å².